The van der Waals surface area contributed by atoms with Gasteiger partial charge >= 0.3 is 0 Å². The SMILES string of the molecule is CC(C)c1cc(-c2ccccc2)cc(C(C)C)c1-n1c(-c2ccc(F)c(-c3cc4ccccc4o3)c2)nc2ccccc21. The van der Waals surface area contributed by atoms with Crippen LogP contribution in [0.2, 0.25) is 0 Å². The second kappa shape index (κ2) is 10.7. The van der Waals surface area contributed by atoms with Crippen LogP contribution in [0.15, 0.2) is 120 Å². The zero-order valence-electron chi connectivity index (χ0n) is 24.8. The van der Waals surface area contributed by atoms with Crippen LogP contribution in [-0.4, -0.2) is 9.55 Å². The molecule has 0 spiro atoms. The molecular weight excluding hydrogens is 531 g/mol. The molecule has 0 atom stereocenters. The van der Waals surface area contributed by atoms with E-state index < -0.39 is 0 Å². The smallest absolute Gasteiger partial charge is 0.145 e. The van der Waals surface area contributed by atoms with Crippen LogP contribution in [0.3, 0.4) is 0 Å². The number of rotatable bonds is 6. The number of furan rings is 1. The number of aromatic nitrogens is 2. The Kier molecular flexibility index (Phi) is 6.70. The lowest BCUT2D eigenvalue weighted by Crippen LogP contribution is -2.09. The highest BCUT2D eigenvalue weighted by atomic mass is 19.1. The highest BCUT2D eigenvalue weighted by Crippen LogP contribution is 2.41. The van der Waals surface area contributed by atoms with E-state index in [-0.39, 0.29) is 17.7 Å². The lowest BCUT2D eigenvalue weighted by atomic mass is 9.88. The van der Waals surface area contributed by atoms with E-state index in [4.69, 9.17) is 9.40 Å². The minimum Gasteiger partial charge on any atom is -0.456 e. The second-order valence-corrected chi connectivity index (χ2v) is 11.8. The van der Waals surface area contributed by atoms with Crippen molar-refractivity contribution in [1.82, 2.24) is 9.55 Å². The van der Waals surface area contributed by atoms with Gasteiger partial charge in [0, 0.05) is 10.9 Å². The second-order valence-electron chi connectivity index (χ2n) is 11.8. The first kappa shape index (κ1) is 26.9. The fraction of sp³-hybridized carbons (Fsp3) is 0.154. The maximum absolute atomic E-state index is 15.4. The number of fused-ring (bicyclic) bond motifs is 2. The molecule has 0 radical (unpaired) electrons. The summed E-state index contributed by atoms with van der Waals surface area (Å²) in [5, 5.41) is 0.941. The molecule has 0 amide bonds. The Balaban J connectivity index is 1.50. The van der Waals surface area contributed by atoms with Crippen molar-refractivity contribution in [2.75, 3.05) is 0 Å². The lowest BCUT2D eigenvalue weighted by molar-refractivity contribution is 0.601. The van der Waals surface area contributed by atoms with Gasteiger partial charge < -0.3 is 4.42 Å². The van der Waals surface area contributed by atoms with Crippen LogP contribution in [0, 0.1) is 5.82 Å². The van der Waals surface area contributed by atoms with E-state index in [0.717, 1.165) is 39.1 Å². The van der Waals surface area contributed by atoms with Gasteiger partial charge in [-0.25, -0.2) is 9.37 Å². The average Bonchev–Trinajstić information content (AvgIpc) is 3.63. The van der Waals surface area contributed by atoms with Gasteiger partial charge in [-0.15, -0.1) is 0 Å². The number of hydrogen-bond donors (Lipinski definition) is 0. The van der Waals surface area contributed by atoms with Crippen molar-refractivity contribution in [2.24, 2.45) is 0 Å². The van der Waals surface area contributed by atoms with E-state index in [1.54, 1.807) is 0 Å². The summed E-state index contributed by atoms with van der Waals surface area (Å²) in [6.07, 6.45) is 0. The molecule has 2 aromatic heterocycles. The third-order valence-electron chi connectivity index (χ3n) is 8.22. The summed E-state index contributed by atoms with van der Waals surface area (Å²) < 4.78 is 23.8. The number of benzene rings is 5. The molecule has 7 rings (SSSR count). The topological polar surface area (TPSA) is 31.0 Å². The van der Waals surface area contributed by atoms with Crippen LogP contribution in [0.25, 0.3) is 61.5 Å². The molecule has 3 nitrogen and oxygen atoms in total. The van der Waals surface area contributed by atoms with Crippen molar-refractivity contribution in [3.8, 4) is 39.5 Å². The molecule has 0 fully saturated rings. The first-order valence-corrected chi connectivity index (χ1v) is 14.9. The number of para-hydroxylation sites is 3. The van der Waals surface area contributed by atoms with E-state index in [1.807, 2.05) is 54.6 Å². The van der Waals surface area contributed by atoms with Crippen molar-refractivity contribution < 1.29 is 8.81 Å². The van der Waals surface area contributed by atoms with E-state index in [1.165, 1.54) is 28.3 Å². The standard InChI is InChI=1S/C39H33FN2O/c1-24(2)30-21-29(26-12-6-5-7-13-26)22-31(25(3)4)38(30)42-35-16-10-9-15-34(35)41-39(42)28-18-19-33(40)32(20-28)37-23-27-14-8-11-17-36(27)43-37/h5-25H,1-4H3. The Labute approximate surface area is 251 Å². The molecule has 0 unspecified atom stereocenters. The Bertz CT molecular complexity index is 2040. The Morgan fingerprint density at radius 2 is 1.33 bits per heavy atom. The number of halogens is 1. The molecule has 5 aromatic carbocycles. The van der Waals surface area contributed by atoms with Gasteiger partial charge in [0.15, 0.2) is 0 Å². The molecule has 0 N–H and O–H groups in total. The number of nitrogens with zero attached hydrogens (tertiary/aromatic N) is 2. The van der Waals surface area contributed by atoms with E-state index in [0.29, 0.717) is 11.3 Å². The summed E-state index contributed by atoms with van der Waals surface area (Å²) in [4.78, 5) is 5.16. The summed E-state index contributed by atoms with van der Waals surface area (Å²) in [6.45, 7) is 8.98. The van der Waals surface area contributed by atoms with Crippen molar-refractivity contribution in [3.05, 3.63) is 132 Å². The van der Waals surface area contributed by atoms with E-state index in [2.05, 4.69) is 86.9 Å². The molecule has 0 aliphatic rings. The summed E-state index contributed by atoms with van der Waals surface area (Å²) in [6, 6.07) is 38.3. The van der Waals surface area contributed by atoms with Crippen molar-refractivity contribution in [3.63, 3.8) is 0 Å². The number of imidazole rings is 1. The van der Waals surface area contributed by atoms with Gasteiger partial charge in [-0.3, -0.25) is 4.57 Å². The zero-order valence-corrected chi connectivity index (χ0v) is 24.8. The highest BCUT2D eigenvalue weighted by Gasteiger charge is 2.24. The fourth-order valence-corrected chi connectivity index (χ4v) is 6.03. The Hall–Kier alpha value is -4.96. The van der Waals surface area contributed by atoms with Crippen LogP contribution >= 0.6 is 0 Å². The highest BCUT2D eigenvalue weighted by molar-refractivity contribution is 5.87. The molecule has 4 heteroatoms. The van der Waals surface area contributed by atoms with Crippen molar-refractivity contribution in [1.29, 1.82) is 0 Å². The minimum atomic E-state index is -0.330. The molecule has 0 bridgehead atoms. The monoisotopic (exact) mass is 564 g/mol. The molecule has 7 aromatic rings. The first-order chi connectivity index (χ1) is 20.9. The molecule has 0 aliphatic heterocycles. The Morgan fingerprint density at radius 3 is 2.05 bits per heavy atom. The van der Waals surface area contributed by atoms with Gasteiger partial charge in [0.1, 0.15) is 23.0 Å². The quantitative estimate of drug-likeness (QED) is 0.201. The van der Waals surface area contributed by atoms with Crippen LogP contribution in [0.1, 0.15) is 50.7 Å². The van der Waals surface area contributed by atoms with Crippen LogP contribution in [0.5, 0.6) is 0 Å². The summed E-state index contributed by atoms with van der Waals surface area (Å²) in [5.74, 6) is 1.45. The predicted octanol–water partition coefficient (Wildman–Crippen LogP) is 11.2. The summed E-state index contributed by atoms with van der Waals surface area (Å²) in [7, 11) is 0. The molecule has 0 aliphatic carbocycles. The lowest BCUT2D eigenvalue weighted by Gasteiger charge is -2.24. The van der Waals surface area contributed by atoms with Gasteiger partial charge in [0.2, 0.25) is 0 Å². The zero-order chi connectivity index (χ0) is 29.7. The van der Waals surface area contributed by atoms with Crippen molar-refractivity contribution >= 4 is 22.0 Å². The largest absolute Gasteiger partial charge is 0.456 e. The third-order valence-corrected chi connectivity index (χ3v) is 8.22. The Morgan fingerprint density at radius 1 is 0.651 bits per heavy atom. The average molecular weight is 565 g/mol. The van der Waals surface area contributed by atoms with Gasteiger partial charge in [-0.1, -0.05) is 88.4 Å². The molecule has 0 saturated carbocycles. The minimum absolute atomic E-state index is 0.254. The third kappa shape index (κ3) is 4.73. The fourth-order valence-electron chi connectivity index (χ4n) is 6.03. The summed E-state index contributed by atoms with van der Waals surface area (Å²) >= 11 is 0. The van der Waals surface area contributed by atoms with E-state index >= 15 is 4.39 Å². The van der Waals surface area contributed by atoms with Gasteiger partial charge in [-0.2, -0.15) is 0 Å². The maximum atomic E-state index is 15.4. The van der Waals surface area contributed by atoms with Gasteiger partial charge in [0.25, 0.3) is 0 Å². The molecule has 212 valence electrons. The van der Waals surface area contributed by atoms with Crippen molar-refractivity contribution in [2.45, 2.75) is 39.5 Å². The van der Waals surface area contributed by atoms with Gasteiger partial charge in [0.05, 0.1) is 22.3 Å². The molecular formula is C39H33FN2O. The normalized spacial score (nSPS) is 11.8. The van der Waals surface area contributed by atoms with E-state index in [9.17, 15) is 0 Å². The molecule has 43 heavy (non-hydrogen) atoms. The number of hydrogen-bond acceptors (Lipinski definition) is 2. The van der Waals surface area contributed by atoms with Crippen LogP contribution < -0.4 is 0 Å². The predicted molar refractivity (Wildman–Crippen MR) is 175 cm³/mol. The first-order valence-electron chi connectivity index (χ1n) is 14.9. The maximum Gasteiger partial charge on any atom is 0.145 e. The molecule has 2 heterocycles. The van der Waals surface area contributed by atoms with Crippen LogP contribution in [-0.2, 0) is 0 Å². The van der Waals surface area contributed by atoms with Gasteiger partial charge in [-0.05, 0) is 88.7 Å². The summed E-state index contributed by atoms with van der Waals surface area (Å²) in [5.41, 5.74) is 9.91. The van der Waals surface area contributed by atoms with Crippen LogP contribution in [0.4, 0.5) is 4.39 Å². The molecule has 0 saturated heterocycles.